The SMILES string of the molecule is Cc1ccc(-c2cc(C(=O)NCCC3CCNC3)c3c(C)noc3n2)cc1.Cl. The molecule has 4 rings (SSSR count). The lowest BCUT2D eigenvalue weighted by molar-refractivity contribution is 0.0953. The third-order valence-electron chi connectivity index (χ3n) is 5.21. The number of aromatic nitrogens is 2. The number of fused-ring (bicyclic) bond motifs is 1. The number of pyridine rings is 1. The molecule has 3 heterocycles. The topological polar surface area (TPSA) is 80.0 Å². The number of hydrogen-bond acceptors (Lipinski definition) is 5. The first kappa shape index (κ1) is 20.3. The Kier molecular flexibility index (Phi) is 6.31. The second kappa shape index (κ2) is 8.71. The molecule has 1 atom stereocenters. The van der Waals surface area contributed by atoms with Crippen LogP contribution in [0, 0.1) is 19.8 Å². The molecule has 1 aliphatic rings. The predicted octanol–water partition coefficient (Wildman–Crippen LogP) is 3.66. The van der Waals surface area contributed by atoms with Crippen molar-refractivity contribution in [2.75, 3.05) is 19.6 Å². The fraction of sp³-hybridized carbons (Fsp3) is 0.381. The molecule has 1 aliphatic heterocycles. The van der Waals surface area contributed by atoms with E-state index in [1.807, 2.05) is 44.2 Å². The van der Waals surface area contributed by atoms with Gasteiger partial charge in [0.1, 0.15) is 0 Å². The van der Waals surface area contributed by atoms with E-state index < -0.39 is 0 Å². The summed E-state index contributed by atoms with van der Waals surface area (Å²) in [6.45, 7) is 6.65. The summed E-state index contributed by atoms with van der Waals surface area (Å²) in [5, 5.41) is 11.1. The molecule has 1 saturated heterocycles. The first-order valence-electron chi connectivity index (χ1n) is 9.45. The standard InChI is InChI=1S/C21H24N4O2.ClH/c1-13-3-5-16(6-4-13)18-11-17(19-14(2)25-27-21(19)24-18)20(26)23-10-8-15-7-9-22-12-15;/h3-6,11,15,22H,7-10,12H2,1-2H3,(H,23,26);1H. The van der Waals surface area contributed by atoms with Crippen LogP contribution in [0.1, 0.15) is 34.5 Å². The first-order chi connectivity index (χ1) is 13.1. The van der Waals surface area contributed by atoms with Crippen molar-refractivity contribution in [2.45, 2.75) is 26.7 Å². The summed E-state index contributed by atoms with van der Waals surface area (Å²) in [6, 6.07) is 9.90. The van der Waals surface area contributed by atoms with Crippen molar-refractivity contribution >= 4 is 29.4 Å². The molecule has 1 unspecified atom stereocenters. The van der Waals surface area contributed by atoms with Gasteiger partial charge in [0.2, 0.25) is 0 Å². The van der Waals surface area contributed by atoms with Crippen molar-refractivity contribution in [3.05, 3.63) is 47.2 Å². The second-order valence-corrected chi connectivity index (χ2v) is 7.27. The molecule has 0 aliphatic carbocycles. The number of rotatable bonds is 5. The largest absolute Gasteiger partial charge is 0.352 e. The average Bonchev–Trinajstić information content (AvgIpc) is 3.32. The number of carbonyl (C=O) groups is 1. The summed E-state index contributed by atoms with van der Waals surface area (Å²) < 4.78 is 5.36. The zero-order valence-electron chi connectivity index (χ0n) is 16.1. The van der Waals surface area contributed by atoms with E-state index in [0.717, 1.165) is 25.1 Å². The molecule has 6 nitrogen and oxygen atoms in total. The van der Waals surface area contributed by atoms with Crippen molar-refractivity contribution in [1.29, 1.82) is 0 Å². The van der Waals surface area contributed by atoms with Gasteiger partial charge >= 0.3 is 0 Å². The molecule has 3 aromatic rings. The number of benzene rings is 1. The molecule has 148 valence electrons. The molecule has 0 radical (unpaired) electrons. The third-order valence-corrected chi connectivity index (χ3v) is 5.21. The van der Waals surface area contributed by atoms with Crippen LogP contribution in [-0.4, -0.2) is 35.7 Å². The van der Waals surface area contributed by atoms with Gasteiger partial charge < -0.3 is 15.2 Å². The van der Waals surface area contributed by atoms with Gasteiger partial charge in [0.15, 0.2) is 0 Å². The van der Waals surface area contributed by atoms with E-state index in [-0.39, 0.29) is 18.3 Å². The Balaban J connectivity index is 0.00000225. The lowest BCUT2D eigenvalue weighted by atomic mass is 10.0. The zero-order valence-corrected chi connectivity index (χ0v) is 16.9. The highest BCUT2D eigenvalue weighted by molar-refractivity contribution is 6.07. The van der Waals surface area contributed by atoms with Crippen molar-refractivity contribution in [3.8, 4) is 11.3 Å². The fourth-order valence-electron chi connectivity index (χ4n) is 3.59. The molecule has 1 fully saturated rings. The van der Waals surface area contributed by atoms with Crippen molar-refractivity contribution in [2.24, 2.45) is 5.92 Å². The minimum atomic E-state index is -0.104. The third kappa shape index (κ3) is 4.18. The van der Waals surface area contributed by atoms with E-state index in [9.17, 15) is 4.79 Å². The van der Waals surface area contributed by atoms with Gasteiger partial charge in [-0.3, -0.25) is 4.79 Å². The summed E-state index contributed by atoms with van der Waals surface area (Å²) in [6.07, 6.45) is 2.16. The Morgan fingerprint density at radius 2 is 2.07 bits per heavy atom. The number of aryl methyl sites for hydroxylation is 2. The van der Waals surface area contributed by atoms with E-state index >= 15 is 0 Å². The number of carbonyl (C=O) groups excluding carboxylic acids is 1. The van der Waals surface area contributed by atoms with Gasteiger partial charge in [0.05, 0.1) is 22.3 Å². The van der Waals surface area contributed by atoms with Gasteiger partial charge in [-0.25, -0.2) is 4.98 Å². The maximum atomic E-state index is 12.9. The Morgan fingerprint density at radius 3 is 2.79 bits per heavy atom. The Labute approximate surface area is 170 Å². The highest BCUT2D eigenvalue weighted by Crippen LogP contribution is 2.27. The molecular formula is C21H25ClN4O2. The molecule has 28 heavy (non-hydrogen) atoms. The average molecular weight is 401 g/mol. The molecular weight excluding hydrogens is 376 g/mol. The van der Waals surface area contributed by atoms with Crippen molar-refractivity contribution < 1.29 is 9.32 Å². The quantitative estimate of drug-likeness (QED) is 0.683. The molecule has 0 bridgehead atoms. The zero-order chi connectivity index (χ0) is 18.8. The van der Waals surface area contributed by atoms with Gasteiger partial charge in [0.25, 0.3) is 11.6 Å². The Hall–Kier alpha value is -2.44. The molecule has 0 saturated carbocycles. The Morgan fingerprint density at radius 1 is 1.29 bits per heavy atom. The lowest BCUT2D eigenvalue weighted by Crippen LogP contribution is -2.26. The highest BCUT2D eigenvalue weighted by atomic mass is 35.5. The molecule has 7 heteroatoms. The van der Waals surface area contributed by atoms with Gasteiger partial charge in [-0.1, -0.05) is 35.0 Å². The maximum Gasteiger partial charge on any atom is 0.259 e. The smallest absolute Gasteiger partial charge is 0.259 e. The maximum absolute atomic E-state index is 12.9. The van der Waals surface area contributed by atoms with E-state index in [2.05, 4.69) is 20.8 Å². The minimum Gasteiger partial charge on any atom is -0.352 e. The second-order valence-electron chi connectivity index (χ2n) is 7.27. The van der Waals surface area contributed by atoms with Crippen LogP contribution in [0.5, 0.6) is 0 Å². The van der Waals surface area contributed by atoms with Gasteiger partial charge in [-0.2, -0.15) is 0 Å². The molecule has 2 N–H and O–H groups in total. The summed E-state index contributed by atoms with van der Waals surface area (Å²) in [5.74, 6) is 0.538. The van der Waals surface area contributed by atoms with Gasteiger partial charge in [-0.15, -0.1) is 12.4 Å². The van der Waals surface area contributed by atoms with Crippen LogP contribution in [0.25, 0.3) is 22.4 Å². The van der Waals surface area contributed by atoms with Crippen LogP contribution >= 0.6 is 12.4 Å². The summed E-state index contributed by atoms with van der Waals surface area (Å²) in [5.41, 5.74) is 4.48. The van der Waals surface area contributed by atoms with E-state index in [4.69, 9.17) is 4.52 Å². The molecule has 0 spiro atoms. The van der Waals surface area contributed by atoms with E-state index in [1.165, 1.54) is 12.0 Å². The van der Waals surface area contributed by atoms with E-state index in [0.29, 0.717) is 40.5 Å². The van der Waals surface area contributed by atoms with Gasteiger partial charge in [-0.05, 0) is 51.8 Å². The van der Waals surface area contributed by atoms with Crippen LogP contribution in [-0.2, 0) is 0 Å². The number of halogens is 1. The normalized spacial score (nSPS) is 16.1. The number of nitrogens with zero attached hydrogens (tertiary/aromatic N) is 2. The summed E-state index contributed by atoms with van der Waals surface area (Å²) in [7, 11) is 0. The van der Waals surface area contributed by atoms with Gasteiger partial charge in [0, 0.05) is 12.1 Å². The predicted molar refractivity (Wildman–Crippen MR) is 112 cm³/mol. The fourth-order valence-corrected chi connectivity index (χ4v) is 3.59. The molecule has 2 aromatic heterocycles. The monoisotopic (exact) mass is 400 g/mol. The Bertz CT molecular complexity index is 962. The number of amides is 1. The molecule has 1 amide bonds. The van der Waals surface area contributed by atoms with Crippen LogP contribution in [0.4, 0.5) is 0 Å². The molecule has 1 aromatic carbocycles. The van der Waals surface area contributed by atoms with Crippen LogP contribution < -0.4 is 10.6 Å². The van der Waals surface area contributed by atoms with Crippen LogP contribution in [0.3, 0.4) is 0 Å². The number of nitrogens with one attached hydrogen (secondary N) is 2. The summed E-state index contributed by atoms with van der Waals surface area (Å²) >= 11 is 0. The first-order valence-corrected chi connectivity index (χ1v) is 9.45. The van der Waals surface area contributed by atoms with E-state index in [1.54, 1.807) is 0 Å². The lowest BCUT2D eigenvalue weighted by Gasteiger charge is -2.11. The number of hydrogen-bond donors (Lipinski definition) is 2. The summed E-state index contributed by atoms with van der Waals surface area (Å²) in [4.78, 5) is 17.5. The van der Waals surface area contributed by atoms with Crippen LogP contribution in [0.15, 0.2) is 34.9 Å². The highest BCUT2D eigenvalue weighted by Gasteiger charge is 2.20. The minimum absolute atomic E-state index is 0. The van der Waals surface area contributed by atoms with Crippen LogP contribution in [0.2, 0.25) is 0 Å². The van der Waals surface area contributed by atoms with Crippen molar-refractivity contribution in [1.82, 2.24) is 20.8 Å². The van der Waals surface area contributed by atoms with Crippen molar-refractivity contribution in [3.63, 3.8) is 0 Å².